The summed E-state index contributed by atoms with van der Waals surface area (Å²) in [7, 11) is 4.69. The van der Waals surface area contributed by atoms with Gasteiger partial charge in [0.25, 0.3) is 0 Å². The fourth-order valence-electron chi connectivity index (χ4n) is 5.51. The molecular weight excluding hydrogens is 500 g/mol. The molecule has 3 aliphatic rings. The Kier molecular flexibility index (Phi) is 7.96. The van der Waals surface area contributed by atoms with Gasteiger partial charge in [0.15, 0.2) is 23.0 Å². The van der Waals surface area contributed by atoms with Crippen molar-refractivity contribution >= 4 is 0 Å². The van der Waals surface area contributed by atoms with Crippen LogP contribution >= 0.6 is 0 Å². The number of fused-ring (bicyclic) bond motifs is 1. The van der Waals surface area contributed by atoms with Gasteiger partial charge in [-0.2, -0.15) is 0 Å². The summed E-state index contributed by atoms with van der Waals surface area (Å²) in [5.41, 5.74) is 1.88. The molecule has 0 spiro atoms. The molecule has 0 amide bonds. The first-order chi connectivity index (χ1) is 18.4. The molecule has 3 fully saturated rings. The van der Waals surface area contributed by atoms with Gasteiger partial charge in [-0.1, -0.05) is 12.1 Å². The van der Waals surface area contributed by atoms with Gasteiger partial charge in [-0.15, -0.1) is 0 Å². The largest absolute Gasteiger partial charge is 0.493 e. The number of ether oxygens (including phenoxy) is 7. The van der Waals surface area contributed by atoms with Crippen molar-refractivity contribution in [1.29, 1.82) is 0 Å². The fourth-order valence-corrected chi connectivity index (χ4v) is 5.51. The zero-order valence-electron chi connectivity index (χ0n) is 21.4. The standard InChI is InChI=1S/C27H34O11/c1-32-17-6-4-13(8-19(17)33-2)25-15-11-36-26(16(15)12-35-25)14-5-7-18(20(9-14)34-3)37-27-24(31)23(30)22(29)21(10-28)38-27/h4-9,15-16,21-31H,10-12H2,1-3H3/t15-,16-,21+,22+,23-,24+,25+,26-,27+/m0/s1. The van der Waals surface area contributed by atoms with Crippen molar-refractivity contribution in [3.63, 3.8) is 0 Å². The van der Waals surface area contributed by atoms with Crippen LogP contribution in [-0.4, -0.2) is 92.3 Å². The van der Waals surface area contributed by atoms with E-state index in [9.17, 15) is 20.4 Å². The highest BCUT2D eigenvalue weighted by Gasteiger charge is 2.49. The summed E-state index contributed by atoms with van der Waals surface area (Å²) in [6.45, 7) is 0.508. The van der Waals surface area contributed by atoms with E-state index in [4.69, 9.17) is 33.2 Å². The Labute approximate surface area is 220 Å². The van der Waals surface area contributed by atoms with Gasteiger partial charge in [0.05, 0.1) is 53.4 Å². The summed E-state index contributed by atoms with van der Waals surface area (Å²) in [5, 5.41) is 39.8. The highest BCUT2D eigenvalue weighted by atomic mass is 16.7. The Morgan fingerprint density at radius 3 is 1.76 bits per heavy atom. The minimum atomic E-state index is -1.54. The second-order valence-corrected chi connectivity index (χ2v) is 9.68. The molecule has 9 atom stereocenters. The first-order valence-electron chi connectivity index (χ1n) is 12.5. The van der Waals surface area contributed by atoms with Gasteiger partial charge in [0.1, 0.15) is 24.4 Å². The monoisotopic (exact) mass is 534 g/mol. The molecule has 11 nitrogen and oxygen atoms in total. The van der Waals surface area contributed by atoms with Crippen LogP contribution in [0.2, 0.25) is 0 Å². The summed E-state index contributed by atoms with van der Waals surface area (Å²) in [5.74, 6) is 2.21. The lowest BCUT2D eigenvalue weighted by Crippen LogP contribution is -2.60. The van der Waals surface area contributed by atoms with E-state index >= 15 is 0 Å². The fraction of sp³-hybridized carbons (Fsp3) is 0.556. The molecule has 0 unspecified atom stereocenters. The molecule has 5 rings (SSSR count). The number of methoxy groups -OCH3 is 3. The number of aliphatic hydroxyl groups is 4. The van der Waals surface area contributed by atoms with Gasteiger partial charge < -0.3 is 53.6 Å². The second kappa shape index (κ2) is 11.2. The van der Waals surface area contributed by atoms with Crippen LogP contribution in [0, 0.1) is 11.8 Å². The molecule has 208 valence electrons. The summed E-state index contributed by atoms with van der Waals surface area (Å²) in [6.07, 6.45) is -7.29. The lowest BCUT2D eigenvalue weighted by atomic mass is 9.85. The van der Waals surface area contributed by atoms with Gasteiger partial charge in [-0.3, -0.25) is 0 Å². The predicted molar refractivity (Wildman–Crippen MR) is 131 cm³/mol. The Morgan fingerprint density at radius 1 is 0.711 bits per heavy atom. The van der Waals surface area contributed by atoms with Crippen molar-refractivity contribution in [1.82, 2.24) is 0 Å². The quantitative estimate of drug-likeness (QED) is 0.384. The van der Waals surface area contributed by atoms with Gasteiger partial charge >= 0.3 is 0 Å². The molecule has 0 radical (unpaired) electrons. The van der Waals surface area contributed by atoms with E-state index < -0.39 is 37.3 Å². The highest BCUT2D eigenvalue weighted by Crippen LogP contribution is 2.51. The summed E-state index contributed by atoms with van der Waals surface area (Å²) < 4.78 is 40.1. The molecule has 0 aliphatic carbocycles. The van der Waals surface area contributed by atoms with E-state index in [2.05, 4.69) is 0 Å². The number of aliphatic hydroxyl groups excluding tert-OH is 4. The second-order valence-electron chi connectivity index (χ2n) is 9.68. The van der Waals surface area contributed by atoms with Crippen LogP contribution in [0.3, 0.4) is 0 Å². The SMILES string of the molecule is COc1ccc([C@H]2OC[C@H]3[C@@H]2CO[C@H]3c2ccc(O[C@@H]3O[C@H](CO)[C@@H](O)[C@H](O)[C@H]3O)c(OC)c2)cc1OC. The Balaban J connectivity index is 1.31. The van der Waals surface area contributed by atoms with Crippen LogP contribution in [0.15, 0.2) is 36.4 Å². The van der Waals surface area contributed by atoms with Crippen molar-refractivity contribution in [2.45, 2.75) is 42.9 Å². The van der Waals surface area contributed by atoms with Crippen molar-refractivity contribution < 1.29 is 53.6 Å². The first-order valence-corrected chi connectivity index (χ1v) is 12.5. The van der Waals surface area contributed by atoms with E-state index in [1.54, 1.807) is 26.4 Å². The summed E-state index contributed by atoms with van der Waals surface area (Å²) in [6, 6.07) is 11.1. The average Bonchev–Trinajstić information content (AvgIpc) is 3.55. The van der Waals surface area contributed by atoms with Crippen LogP contribution in [0.5, 0.6) is 23.0 Å². The lowest BCUT2D eigenvalue weighted by Gasteiger charge is -2.39. The van der Waals surface area contributed by atoms with Crippen molar-refractivity contribution in [3.8, 4) is 23.0 Å². The number of rotatable bonds is 8. The van der Waals surface area contributed by atoms with Gasteiger partial charge in [-0.25, -0.2) is 0 Å². The minimum absolute atomic E-state index is 0.120. The van der Waals surface area contributed by atoms with Crippen LogP contribution in [0.1, 0.15) is 23.3 Å². The van der Waals surface area contributed by atoms with E-state index in [1.165, 1.54) is 7.11 Å². The maximum absolute atomic E-state index is 10.3. The maximum Gasteiger partial charge on any atom is 0.229 e. The van der Waals surface area contributed by atoms with Crippen molar-refractivity contribution in [2.24, 2.45) is 11.8 Å². The Morgan fingerprint density at radius 2 is 1.24 bits per heavy atom. The molecule has 3 heterocycles. The lowest BCUT2D eigenvalue weighted by molar-refractivity contribution is -0.277. The maximum atomic E-state index is 10.3. The Bertz CT molecular complexity index is 1110. The normalized spacial score (nSPS) is 34.6. The smallest absolute Gasteiger partial charge is 0.229 e. The molecule has 3 aliphatic heterocycles. The van der Waals surface area contributed by atoms with E-state index in [0.29, 0.717) is 30.5 Å². The van der Waals surface area contributed by atoms with Crippen LogP contribution < -0.4 is 18.9 Å². The summed E-state index contributed by atoms with van der Waals surface area (Å²) in [4.78, 5) is 0. The molecule has 2 aromatic carbocycles. The molecule has 2 aromatic rings. The molecular formula is C27H34O11. The summed E-state index contributed by atoms with van der Waals surface area (Å²) >= 11 is 0. The molecule has 3 saturated heterocycles. The third kappa shape index (κ3) is 4.79. The van der Waals surface area contributed by atoms with Gasteiger partial charge in [-0.05, 0) is 35.4 Å². The molecule has 0 saturated carbocycles. The van der Waals surface area contributed by atoms with E-state index in [0.717, 1.165) is 11.1 Å². The molecule has 0 aromatic heterocycles. The molecule has 11 heteroatoms. The molecule has 38 heavy (non-hydrogen) atoms. The first kappa shape index (κ1) is 26.9. The van der Waals surface area contributed by atoms with Crippen LogP contribution in [-0.2, 0) is 14.2 Å². The predicted octanol–water partition coefficient (Wildman–Crippen LogP) is 0.966. The topological polar surface area (TPSA) is 146 Å². The van der Waals surface area contributed by atoms with Gasteiger partial charge in [0.2, 0.25) is 6.29 Å². The van der Waals surface area contributed by atoms with E-state index in [-0.39, 0.29) is 29.8 Å². The average molecular weight is 535 g/mol. The zero-order valence-corrected chi connectivity index (χ0v) is 21.4. The highest BCUT2D eigenvalue weighted by molar-refractivity contribution is 5.45. The number of hydrogen-bond donors (Lipinski definition) is 4. The van der Waals surface area contributed by atoms with Gasteiger partial charge in [0, 0.05) is 11.8 Å². The molecule has 4 N–H and O–H groups in total. The van der Waals surface area contributed by atoms with Crippen LogP contribution in [0.4, 0.5) is 0 Å². The van der Waals surface area contributed by atoms with Crippen molar-refractivity contribution in [2.75, 3.05) is 41.2 Å². The van der Waals surface area contributed by atoms with Crippen molar-refractivity contribution in [3.05, 3.63) is 47.5 Å². The number of hydrogen-bond acceptors (Lipinski definition) is 11. The minimum Gasteiger partial charge on any atom is -0.493 e. The van der Waals surface area contributed by atoms with Crippen LogP contribution in [0.25, 0.3) is 0 Å². The Hall–Kier alpha value is -2.64. The molecule has 0 bridgehead atoms. The number of benzene rings is 2. The third-order valence-corrected chi connectivity index (χ3v) is 7.61. The third-order valence-electron chi connectivity index (χ3n) is 7.61. The zero-order chi connectivity index (χ0) is 27.0. The van der Waals surface area contributed by atoms with E-state index in [1.807, 2.05) is 24.3 Å².